The Bertz CT molecular complexity index is 1240. The number of anilines is 1. The third kappa shape index (κ3) is 8.02. The number of halogens is 1. The van der Waals surface area contributed by atoms with Crippen molar-refractivity contribution in [2.75, 3.05) is 18.9 Å². The van der Waals surface area contributed by atoms with Gasteiger partial charge in [0.25, 0.3) is 0 Å². The van der Waals surface area contributed by atoms with Gasteiger partial charge in [-0.25, -0.2) is 9.37 Å². The number of pyridine rings is 1. The lowest BCUT2D eigenvalue weighted by atomic mass is 10.0. The first-order chi connectivity index (χ1) is 17.0. The Labute approximate surface area is 205 Å². The van der Waals surface area contributed by atoms with E-state index in [1.165, 1.54) is 12.1 Å². The van der Waals surface area contributed by atoms with Crippen molar-refractivity contribution in [3.63, 3.8) is 0 Å². The van der Waals surface area contributed by atoms with Crippen LogP contribution in [0.15, 0.2) is 72.7 Å². The smallest absolute Gasteiger partial charge is 0.229 e. The van der Waals surface area contributed by atoms with Crippen LogP contribution in [0.2, 0.25) is 0 Å². The molecule has 1 aromatic carbocycles. The maximum atomic E-state index is 13.0. The highest BCUT2D eigenvalue weighted by Crippen LogP contribution is 2.19. The van der Waals surface area contributed by atoms with Crippen LogP contribution in [-0.4, -0.2) is 34.3 Å². The molecule has 0 radical (unpaired) electrons. The van der Waals surface area contributed by atoms with Gasteiger partial charge < -0.3 is 10.6 Å². The molecule has 1 aliphatic rings. The topological polar surface area (TPSA) is 95.6 Å². The quantitative estimate of drug-likeness (QED) is 0.526. The summed E-state index contributed by atoms with van der Waals surface area (Å²) in [5.74, 6) is 0.0913. The lowest BCUT2D eigenvalue weighted by Gasteiger charge is -2.08. The number of amides is 1. The third-order valence-electron chi connectivity index (χ3n) is 5.32. The number of carbonyl (C=O) groups excluding carboxylic acids is 1. The van der Waals surface area contributed by atoms with Gasteiger partial charge in [0.2, 0.25) is 5.91 Å². The number of nitrogens with zero attached hydrogens (tertiary/aromatic N) is 4. The second-order valence-electron chi connectivity index (χ2n) is 8.10. The van der Waals surface area contributed by atoms with E-state index in [0.717, 1.165) is 48.1 Å². The van der Waals surface area contributed by atoms with Gasteiger partial charge in [-0.1, -0.05) is 24.3 Å². The molecule has 4 rings (SSSR count). The number of rotatable bonds is 7. The molecular weight excluding hydrogens is 443 g/mol. The Morgan fingerprint density at radius 3 is 2.66 bits per heavy atom. The van der Waals surface area contributed by atoms with Gasteiger partial charge in [-0.15, -0.1) is 0 Å². The molecule has 0 saturated carbocycles. The average Bonchev–Trinajstić information content (AvgIpc) is 3.30. The van der Waals surface area contributed by atoms with Crippen molar-refractivity contribution in [2.24, 2.45) is 7.05 Å². The normalized spacial score (nSPS) is 12.2. The molecule has 2 N–H and O–H groups in total. The van der Waals surface area contributed by atoms with Crippen molar-refractivity contribution in [1.29, 1.82) is 5.26 Å². The van der Waals surface area contributed by atoms with Crippen molar-refractivity contribution in [2.45, 2.75) is 25.7 Å². The van der Waals surface area contributed by atoms with Gasteiger partial charge in [0.15, 0.2) is 0 Å². The molecule has 35 heavy (non-hydrogen) atoms. The molecular formula is C27H29FN6O. The highest BCUT2D eigenvalue weighted by molar-refractivity contribution is 5.91. The van der Waals surface area contributed by atoms with E-state index in [1.54, 1.807) is 29.2 Å². The lowest BCUT2D eigenvalue weighted by molar-refractivity contribution is -0.115. The average molecular weight is 473 g/mol. The van der Waals surface area contributed by atoms with Crippen LogP contribution in [0, 0.1) is 17.1 Å². The number of aromatic nitrogens is 3. The second kappa shape index (κ2) is 13.0. The second-order valence-corrected chi connectivity index (χ2v) is 8.10. The number of nitrogens with one attached hydrogen (secondary N) is 2. The summed E-state index contributed by atoms with van der Waals surface area (Å²) in [5, 5.41) is 18.4. The van der Waals surface area contributed by atoms with Gasteiger partial charge in [-0.3, -0.25) is 9.48 Å². The van der Waals surface area contributed by atoms with Crippen molar-refractivity contribution >= 4 is 11.7 Å². The number of likely N-dealkylation sites (N-methyl/N-ethyl adjacent to an activating group) is 1. The van der Waals surface area contributed by atoms with Crippen LogP contribution in [0.3, 0.4) is 0 Å². The number of hydrogen-bond donors (Lipinski definition) is 2. The Kier molecular flexibility index (Phi) is 9.46. The minimum atomic E-state index is -0.434. The van der Waals surface area contributed by atoms with Gasteiger partial charge in [0.1, 0.15) is 17.7 Å². The SMILES string of the molecule is CNCCc1ccc(C#N)c(F)c1.Cn1cc(-c2ccc(NC(=O)CC3=CCCC=C3)nc2)cn1. The van der Waals surface area contributed by atoms with Crippen molar-refractivity contribution < 1.29 is 9.18 Å². The van der Waals surface area contributed by atoms with E-state index in [1.807, 2.05) is 38.5 Å². The van der Waals surface area contributed by atoms with Crippen LogP contribution >= 0.6 is 0 Å². The summed E-state index contributed by atoms with van der Waals surface area (Å²) >= 11 is 0. The Hall–Kier alpha value is -4.09. The van der Waals surface area contributed by atoms with Crippen molar-refractivity contribution in [3.05, 3.63) is 89.7 Å². The first-order valence-electron chi connectivity index (χ1n) is 11.4. The number of carbonyl (C=O) groups is 1. The summed E-state index contributed by atoms with van der Waals surface area (Å²) in [7, 11) is 3.72. The maximum absolute atomic E-state index is 13.0. The fourth-order valence-corrected chi connectivity index (χ4v) is 3.45. The Balaban J connectivity index is 0.000000225. The van der Waals surface area contributed by atoms with Gasteiger partial charge in [-0.05, 0) is 68.3 Å². The first kappa shape index (κ1) is 25.5. The Morgan fingerprint density at radius 2 is 2.06 bits per heavy atom. The zero-order valence-corrected chi connectivity index (χ0v) is 20.0. The predicted octanol–water partition coefficient (Wildman–Crippen LogP) is 4.55. The third-order valence-corrected chi connectivity index (χ3v) is 5.32. The highest BCUT2D eigenvalue weighted by atomic mass is 19.1. The Morgan fingerprint density at radius 1 is 1.20 bits per heavy atom. The van der Waals surface area contributed by atoms with Gasteiger partial charge in [0, 0.05) is 30.6 Å². The molecule has 180 valence electrons. The first-order valence-corrected chi connectivity index (χ1v) is 11.4. The predicted molar refractivity (Wildman–Crippen MR) is 135 cm³/mol. The molecule has 0 unspecified atom stereocenters. The highest BCUT2D eigenvalue weighted by Gasteiger charge is 2.08. The summed E-state index contributed by atoms with van der Waals surface area (Å²) in [6.45, 7) is 0.811. The van der Waals surface area contributed by atoms with E-state index < -0.39 is 5.82 Å². The summed E-state index contributed by atoms with van der Waals surface area (Å²) < 4.78 is 14.8. The number of aryl methyl sites for hydroxylation is 1. The number of allylic oxidation sites excluding steroid dienone is 3. The van der Waals surface area contributed by atoms with Crippen LogP contribution in [0.4, 0.5) is 10.2 Å². The molecule has 3 aromatic rings. The zero-order chi connectivity index (χ0) is 25.0. The van der Waals surface area contributed by atoms with Crippen LogP contribution in [0.5, 0.6) is 0 Å². The fraction of sp³-hybridized carbons (Fsp3) is 0.259. The van der Waals surface area contributed by atoms with E-state index in [4.69, 9.17) is 5.26 Å². The molecule has 0 saturated heterocycles. The molecule has 8 heteroatoms. The zero-order valence-electron chi connectivity index (χ0n) is 20.0. The van der Waals surface area contributed by atoms with E-state index >= 15 is 0 Å². The summed E-state index contributed by atoms with van der Waals surface area (Å²) in [6.07, 6.45) is 14.9. The van der Waals surface area contributed by atoms with E-state index in [-0.39, 0.29) is 11.5 Å². The minimum Gasteiger partial charge on any atom is -0.319 e. The molecule has 7 nitrogen and oxygen atoms in total. The standard InChI is InChI=1S/C17H18N4O.C10H11FN2/c1-21-12-15(11-19-21)14-7-8-16(18-10-14)20-17(22)9-13-5-3-2-4-6-13;1-13-5-4-8-2-3-9(7-12)10(11)6-8/h3,5-8,10-12H,2,4,9H2,1H3,(H,18,20,22);2-3,6,13H,4-5H2,1H3. The monoisotopic (exact) mass is 472 g/mol. The molecule has 0 fully saturated rings. The van der Waals surface area contributed by atoms with Crippen LogP contribution < -0.4 is 10.6 Å². The summed E-state index contributed by atoms with van der Waals surface area (Å²) in [6, 6.07) is 10.2. The van der Waals surface area contributed by atoms with Crippen molar-refractivity contribution in [3.8, 4) is 17.2 Å². The maximum Gasteiger partial charge on any atom is 0.229 e. The van der Waals surface area contributed by atoms with Crippen LogP contribution in [0.25, 0.3) is 11.1 Å². The lowest BCUT2D eigenvalue weighted by Crippen LogP contribution is -2.13. The van der Waals surface area contributed by atoms with Crippen molar-refractivity contribution in [1.82, 2.24) is 20.1 Å². The minimum absolute atomic E-state index is 0.0422. The van der Waals surface area contributed by atoms with Gasteiger partial charge in [0.05, 0.1) is 18.2 Å². The number of benzene rings is 1. The molecule has 1 aliphatic carbocycles. The van der Waals surface area contributed by atoms with Gasteiger partial charge >= 0.3 is 0 Å². The van der Waals surface area contributed by atoms with Crippen LogP contribution in [0.1, 0.15) is 30.4 Å². The molecule has 0 bridgehead atoms. The summed E-state index contributed by atoms with van der Waals surface area (Å²) in [4.78, 5) is 16.3. The summed E-state index contributed by atoms with van der Waals surface area (Å²) in [5.41, 5.74) is 4.06. The largest absolute Gasteiger partial charge is 0.319 e. The molecule has 0 spiro atoms. The molecule has 2 heterocycles. The molecule has 0 aliphatic heterocycles. The van der Waals surface area contributed by atoms with E-state index in [0.29, 0.717) is 12.2 Å². The molecule has 2 aromatic heterocycles. The number of hydrogen-bond acceptors (Lipinski definition) is 5. The van der Waals surface area contributed by atoms with Gasteiger partial charge in [-0.2, -0.15) is 10.4 Å². The molecule has 0 atom stereocenters. The van der Waals surface area contributed by atoms with E-state index in [9.17, 15) is 9.18 Å². The number of nitriles is 1. The molecule has 1 amide bonds. The van der Waals surface area contributed by atoms with E-state index in [2.05, 4.69) is 32.9 Å². The fourth-order valence-electron chi connectivity index (χ4n) is 3.45. The van der Waals surface area contributed by atoms with Crippen LogP contribution in [-0.2, 0) is 18.3 Å².